The van der Waals surface area contributed by atoms with Crippen molar-refractivity contribution in [2.24, 2.45) is 0 Å². The van der Waals surface area contributed by atoms with Crippen LogP contribution in [0, 0.1) is 5.82 Å². The molecule has 0 N–H and O–H groups in total. The molecule has 1 aromatic carbocycles. The molecule has 0 spiro atoms. The predicted molar refractivity (Wildman–Crippen MR) is 89.0 cm³/mol. The van der Waals surface area contributed by atoms with Crippen LogP contribution in [0.3, 0.4) is 0 Å². The maximum Gasteiger partial charge on any atom is 0.249 e. The van der Waals surface area contributed by atoms with Gasteiger partial charge in [0.1, 0.15) is 12.4 Å². The summed E-state index contributed by atoms with van der Waals surface area (Å²) in [5, 5.41) is 0. The quantitative estimate of drug-likeness (QED) is 0.847. The van der Waals surface area contributed by atoms with Crippen LogP contribution in [0.1, 0.15) is 35.8 Å². The molecule has 0 bridgehead atoms. The summed E-state index contributed by atoms with van der Waals surface area (Å²) in [5.41, 5.74) is 2.66. The number of pyridine rings is 1. The van der Waals surface area contributed by atoms with Crippen molar-refractivity contribution in [3.63, 3.8) is 0 Å². The van der Waals surface area contributed by atoms with E-state index < -0.39 is 0 Å². The van der Waals surface area contributed by atoms with E-state index in [4.69, 9.17) is 9.72 Å². The maximum absolute atomic E-state index is 13.3. The Morgan fingerprint density at radius 3 is 2.96 bits per heavy atom. The summed E-state index contributed by atoms with van der Waals surface area (Å²) in [6, 6.07) is 12.4. The number of carbonyl (C=O) groups excluding carboxylic acids is 1. The summed E-state index contributed by atoms with van der Waals surface area (Å²) in [5.74, 6) is -0.242. The van der Waals surface area contributed by atoms with Crippen molar-refractivity contribution < 1.29 is 13.9 Å². The first-order valence-electron chi connectivity index (χ1n) is 8.16. The molecule has 3 rings (SSSR count). The van der Waals surface area contributed by atoms with Crippen LogP contribution in [0.5, 0.6) is 0 Å². The third-order valence-corrected chi connectivity index (χ3v) is 4.28. The molecule has 2 aromatic rings. The molecule has 126 valence electrons. The average molecular weight is 328 g/mol. The summed E-state index contributed by atoms with van der Waals surface area (Å²) in [4.78, 5) is 18.7. The minimum atomic E-state index is -0.240. The fraction of sp³-hybridized carbons (Fsp3) is 0.368. The van der Waals surface area contributed by atoms with Crippen LogP contribution in [0.25, 0.3) is 0 Å². The Labute approximate surface area is 141 Å². The van der Waals surface area contributed by atoms with E-state index in [9.17, 15) is 9.18 Å². The highest BCUT2D eigenvalue weighted by Gasteiger charge is 2.30. The number of hydrogen-bond donors (Lipinski definition) is 0. The summed E-state index contributed by atoms with van der Waals surface area (Å²) in [6.07, 6.45) is 2.45. The van der Waals surface area contributed by atoms with Crippen LogP contribution in [0.4, 0.5) is 4.39 Å². The largest absolute Gasteiger partial charge is 0.375 e. The highest BCUT2D eigenvalue weighted by molar-refractivity contribution is 5.78. The summed E-state index contributed by atoms with van der Waals surface area (Å²) in [6.45, 7) is 0.835. The molecule has 0 unspecified atom stereocenters. The monoisotopic (exact) mass is 328 g/mol. The van der Waals surface area contributed by atoms with E-state index in [2.05, 4.69) is 0 Å². The first-order valence-corrected chi connectivity index (χ1v) is 8.16. The van der Waals surface area contributed by atoms with Gasteiger partial charge in [0.25, 0.3) is 0 Å². The molecule has 1 saturated heterocycles. The number of likely N-dealkylation sites (tertiary alicyclic amines) is 1. The van der Waals surface area contributed by atoms with Crippen molar-refractivity contribution >= 4 is 5.91 Å². The summed E-state index contributed by atoms with van der Waals surface area (Å²) in [7, 11) is 1.53. The number of amides is 1. The second kappa shape index (κ2) is 7.53. The van der Waals surface area contributed by atoms with Crippen molar-refractivity contribution in [2.75, 3.05) is 20.3 Å². The van der Waals surface area contributed by atoms with Gasteiger partial charge in [0, 0.05) is 25.8 Å². The van der Waals surface area contributed by atoms with Gasteiger partial charge in [-0.1, -0.05) is 18.2 Å². The molecule has 0 saturated carbocycles. The van der Waals surface area contributed by atoms with Gasteiger partial charge in [-0.25, -0.2) is 4.39 Å². The third kappa shape index (κ3) is 3.79. The second-order valence-corrected chi connectivity index (χ2v) is 6.04. The van der Waals surface area contributed by atoms with Crippen LogP contribution in [-0.2, 0) is 16.0 Å². The number of ether oxygens (including phenoxy) is 1. The normalized spacial score (nSPS) is 17.2. The van der Waals surface area contributed by atoms with E-state index in [1.165, 1.54) is 19.2 Å². The van der Waals surface area contributed by atoms with Crippen molar-refractivity contribution in [3.05, 3.63) is 65.2 Å². The van der Waals surface area contributed by atoms with Crippen molar-refractivity contribution in [2.45, 2.75) is 25.3 Å². The first kappa shape index (κ1) is 16.6. The number of rotatable bonds is 5. The lowest BCUT2D eigenvalue weighted by Gasteiger charge is -2.24. The van der Waals surface area contributed by atoms with Crippen molar-refractivity contribution in [1.82, 2.24) is 9.88 Å². The number of hydrogen-bond acceptors (Lipinski definition) is 3. The Hall–Kier alpha value is -2.27. The molecular formula is C19H21FN2O2. The van der Waals surface area contributed by atoms with E-state index in [-0.39, 0.29) is 24.4 Å². The van der Waals surface area contributed by atoms with E-state index in [1.54, 1.807) is 6.07 Å². The zero-order valence-electron chi connectivity index (χ0n) is 13.7. The lowest BCUT2D eigenvalue weighted by atomic mass is 10.1. The minimum absolute atomic E-state index is 0.000101. The topological polar surface area (TPSA) is 42.4 Å². The Morgan fingerprint density at radius 1 is 1.33 bits per heavy atom. The van der Waals surface area contributed by atoms with Crippen LogP contribution in [-0.4, -0.2) is 36.1 Å². The molecule has 1 atom stereocenters. The maximum atomic E-state index is 13.3. The molecule has 5 heteroatoms. The molecule has 0 aliphatic carbocycles. The molecule has 4 nitrogen and oxygen atoms in total. The molecule has 1 aromatic heterocycles. The number of halogens is 1. The van der Waals surface area contributed by atoms with Gasteiger partial charge in [0.2, 0.25) is 5.91 Å². The molecule has 24 heavy (non-hydrogen) atoms. The van der Waals surface area contributed by atoms with Gasteiger partial charge < -0.3 is 9.64 Å². The Bertz CT molecular complexity index is 720. The second-order valence-electron chi connectivity index (χ2n) is 6.04. The van der Waals surface area contributed by atoms with Crippen LogP contribution >= 0.6 is 0 Å². The SMILES string of the molecule is COCC(=O)N1CCC[C@H]1c1cccc(Cc2cccc(F)c2)n1. The minimum Gasteiger partial charge on any atom is -0.375 e. The lowest BCUT2D eigenvalue weighted by Crippen LogP contribution is -2.33. The fourth-order valence-electron chi connectivity index (χ4n) is 3.22. The van der Waals surface area contributed by atoms with E-state index >= 15 is 0 Å². The van der Waals surface area contributed by atoms with Gasteiger partial charge in [0.05, 0.1) is 11.7 Å². The molecule has 1 fully saturated rings. The van der Waals surface area contributed by atoms with Gasteiger partial charge in [-0.2, -0.15) is 0 Å². The molecule has 1 aliphatic rings. The first-order chi connectivity index (χ1) is 11.7. The zero-order chi connectivity index (χ0) is 16.9. The van der Waals surface area contributed by atoms with Crippen LogP contribution < -0.4 is 0 Å². The third-order valence-electron chi connectivity index (χ3n) is 4.28. The number of benzene rings is 1. The van der Waals surface area contributed by atoms with E-state index in [1.807, 2.05) is 29.2 Å². The van der Waals surface area contributed by atoms with Crippen LogP contribution in [0.15, 0.2) is 42.5 Å². The van der Waals surface area contributed by atoms with Gasteiger partial charge in [-0.15, -0.1) is 0 Å². The Morgan fingerprint density at radius 2 is 2.17 bits per heavy atom. The van der Waals surface area contributed by atoms with Gasteiger partial charge in [-0.05, 0) is 42.7 Å². The fourth-order valence-corrected chi connectivity index (χ4v) is 3.22. The standard InChI is InChI=1S/C19H21FN2O2/c1-24-13-19(23)22-10-4-9-18(22)17-8-3-7-16(21-17)12-14-5-2-6-15(20)11-14/h2-3,5-8,11,18H,4,9-10,12-13H2,1H3/t18-/m0/s1. The molecule has 2 heterocycles. The zero-order valence-corrected chi connectivity index (χ0v) is 13.7. The Balaban J connectivity index is 1.78. The average Bonchev–Trinajstić information content (AvgIpc) is 3.05. The van der Waals surface area contributed by atoms with Gasteiger partial charge >= 0.3 is 0 Å². The van der Waals surface area contributed by atoms with E-state index in [0.29, 0.717) is 6.42 Å². The highest BCUT2D eigenvalue weighted by Crippen LogP contribution is 2.31. The molecule has 1 aliphatic heterocycles. The number of aromatic nitrogens is 1. The predicted octanol–water partition coefficient (Wildman–Crippen LogP) is 3.12. The summed E-state index contributed by atoms with van der Waals surface area (Å²) < 4.78 is 18.3. The molecule has 0 radical (unpaired) electrons. The summed E-state index contributed by atoms with van der Waals surface area (Å²) >= 11 is 0. The van der Waals surface area contributed by atoms with Gasteiger partial charge in [0.15, 0.2) is 0 Å². The smallest absolute Gasteiger partial charge is 0.249 e. The van der Waals surface area contributed by atoms with Crippen LogP contribution in [0.2, 0.25) is 0 Å². The lowest BCUT2D eigenvalue weighted by molar-refractivity contribution is -0.136. The van der Waals surface area contributed by atoms with Crippen molar-refractivity contribution in [3.8, 4) is 0 Å². The van der Waals surface area contributed by atoms with Crippen molar-refractivity contribution in [1.29, 1.82) is 0 Å². The molecular weight excluding hydrogens is 307 g/mol. The number of carbonyl (C=O) groups is 1. The molecule has 1 amide bonds. The highest BCUT2D eigenvalue weighted by atomic mass is 19.1. The van der Waals surface area contributed by atoms with Gasteiger partial charge in [-0.3, -0.25) is 9.78 Å². The number of methoxy groups -OCH3 is 1. The number of nitrogens with zero attached hydrogens (tertiary/aromatic N) is 2. The Kier molecular flexibility index (Phi) is 5.20. The van der Waals surface area contributed by atoms with E-state index in [0.717, 1.165) is 36.3 Å².